The number of nitrogens with one attached hydrogen (secondary N) is 1. The van der Waals surface area contributed by atoms with Crippen LogP contribution in [0, 0.1) is 10.1 Å². The summed E-state index contributed by atoms with van der Waals surface area (Å²) >= 11 is 0. The summed E-state index contributed by atoms with van der Waals surface area (Å²) in [6, 6.07) is 3.04. The van der Waals surface area contributed by atoms with Crippen molar-refractivity contribution in [3.63, 3.8) is 0 Å². The molecule has 156 valence electrons. The lowest BCUT2D eigenvalue weighted by molar-refractivity contribution is -0.385. The molecule has 1 aliphatic heterocycles. The fourth-order valence-electron chi connectivity index (χ4n) is 3.16. The van der Waals surface area contributed by atoms with E-state index in [9.17, 15) is 28.1 Å². The molecule has 0 atom stereocenters. The number of nitro groups is 1. The summed E-state index contributed by atoms with van der Waals surface area (Å²) in [5, 5.41) is 17.9. The third kappa shape index (κ3) is 4.70. The number of carbonyl (C=O) groups excluding carboxylic acids is 1. The third-order valence-corrected chi connectivity index (χ3v) is 5.75. The average molecular weight is 423 g/mol. The maximum absolute atomic E-state index is 12.3. The highest BCUT2D eigenvalue weighted by atomic mass is 32.2. The SMILES string of the molecule is CS(=O)(=O)c1cc(C(=O)NCCCn2nc3n(c2=O)CCCC3)cc([N+](=O)[O-])c1. The van der Waals surface area contributed by atoms with Gasteiger partial charge in [0.2, 0.25) is 0 Å². The molecule has 1 aliphatic rings. The molecular formula is C17H21N5O6S. The quantitative estimate of drug-likeness (QED) is 0.388. The Labute approximate surface area is 166 Å². The van der Waals surface area contributed by atoms with E-state index in [0.717, 1.165) is 49.5 Å². The topological polar surface area (TPSA) is 146 Å². The summed E-state index contributed by atoms with van der Waals surface area (Å²) in [4.78, 5) is 34.5. The first-order chi connectivity index (χ1) is 13.7. The van der Waals surface area contributed by atoms with Gasteiger partial charge in [-0.15, -0.1) is 0 Å². The molecule has 0 saturated carbocycles. The monoisotopic (exact) mass is 423 g/mol. The van der Waals surface area contributed by atoms with E-state index in [1.165, 1.54) is 4.68 Å². The van der Waals surface area contributed by atoms with Gasteiger partial charge in [0, 0.05) is 50.0 Å². The van der Waals surface area contributed by atoms with E-state index in [1.54, 1.807) is 4.57 Å². The average Bonchev–Trinajstić information content (AvgIpc) is 3.00. The van der Waals surface area contributed by atoms with Gasteiger partial charge in [0.1, 0.15) is 5.82 Å². The number of amides is 1. The molecule has 0 saturated heterocycles. The highest BCUT2D eigenvalue weighted by molar-refractivity contribution is 7.90. The molecule has 0 unspecified atom stereocenters. The van der Waals surface area contributed by atoms with Crippen molar-refractivity contribution in [1.29, 1.82) is 0 Å². The number of rotatable bonds is 7. The molecule has 0 bridgehead atoms. The molecule has 1 aromatic carbocycles. The van der Waals surface area contributed by atoms with Crippen LogP contribution in [0.2, 0.25) is 0 Å². The Balaban J connectivity index is 1.64. The van der Waals surface area contributed by atoms with Crippen LogP contribution in [0.5, 0.6) is 0 Å². The smallest absolute Gasteiger partial charge is 0.345 e. The molecule has 1 amide bonds. The van der Waals surface area contributed by atoms with Crippen LogP contribution in [-0.4, -0.2) is 46.4 Å². The van der Waals surface area contributed by atoms with Gasteiger partial charge in [-0.3, -0.25) is 19.5 Å². The first kappa shape index (κ1) is 20.7. The molecule has 2 heterocycles. The number of carbonyl (C=O) groups is 1. The lowest BCUT2D eigenvalue weighted by Crippen LogP contribution is -2.29. The van der Waals surface area contributed by atoms with E-state index in [2.05, 4.69) is 10.4 Å². The Kier molecular flexibility index (Phi) is 5.82. The van der Waals surface area contributed by atoms with Gasteiger partial charge in [-0.05, 0) is 25.3 Å². The van der Waals surface area contributed by atoms with Gasteiger partial charge in [0.15, 0.2) is 9.84 Å². The van der Waals surface area contributed by atoms with Crippen LogP contribution < -0.4 is 11.0 Å². The maximum atomic E-state index is 12.3. The van der Waals surface area contributed by atoms with Crippen LogP contribution in [0.4, 0.5) is 5.69 Å². The minimum atomic E-state index is -3.72. The number of nitro benzene ring substituents is 1. The molecular weight excluding hydrogens is 402 g/mol. The summed E-state index contributed by atoms with van der Waals surface area (Å²) in [6.45, 7) is 1.19. The molecule has 1 N–H and O–H groups in total. The normalized spacial score (nSPS) is 13.7. The zero-order valence-electron chi connectivity index (χ0n) is 15.8. The van der Waals surface area contributed by atoms with Crippen LogP contribution in [0.25, 0.3) is 0 Å². The van der Waals surface area contributed by atoms with Gasteiger partial charge in [-0.1, -0.05) is 0 Å². The largest absolute Gasteiger partial charge is 0.352 e. The van der Waals surface area contributed by atoms with Crippen LogP contribution in [0.1, 0.15) is 35.4 Å². The van der Waals surface area contributed by atoms with E-state index in [4.69, 9.17) is 0 Å². The van der Waals surface area contributed by atoms with E-state index in [1.807, 2.05) is 0 Å². The van der Waals surface area contributed by atoms with Crippen molar-refractivity contribution < 1.29 is 18.1 Å². The number of aryl methyl sites for hydroxylation is 2. The number of benzene rings is 1. The van der Waals surface area contributed by atoms with Gasteiger partial charge < -0.3 is 5.32 Å². The van der Waals surface area contributed by atoms with Crippen molar-refractivity contribution in [3.05, 3.63) is 50.2 Å². The van der Waals surface area contributed by atoms with Crippen molar-refractivity contribution in [2.75, 3.05) is 12.8 Å². The van der Waals surface area contributed by atoms with Crippen LogP contribution >= 0.6 is 0 Å². The first-order valence-electron chi connectivity index (χ1n) is 9.11. The molecule has 1 aromatic heterocycles. The minimum Gasteiger partial charge on any atom is -0.352 e. The summed E-state index contributed by atoms with van der Waals surface area (Å²) in [7, 11) is -3.72. The van der Waals surface area contributed by atoms with E-state index < -0.39 is 26.4 Å². The van der Waals surface area contributed by atoms with Gasteiger partial charge >= 0.3 is 5.69 Å². The lowest BCUT2D eigenvalue weighted by Gasteiger charge is -2.09. The Morgan fingerprint density at radius 2 is 2.07 bits per heavy atom. The predicted octanol–water partition coefficient (Wildman–Crippen LogP) is 0.513. The fourth-order valence-corrected chi connectivity index (χ4v) is 3.84. The second kappa shape index (κ2) is 8.15. The first-order valence-corrected chi connectivity index (χ1v) is 11.0. The molecule has 29 heavy (non-hydrogen) atoms. The standard InChI is InChI=1S/C17H21N5O6S/c1-29(27,28)14-10-12(9-13(11-14)22(25)26)16(23)18-6-4-8-21-17(24)20-7-3-2-5-15(20)19-21/h9-11H,2-8H2,1H3,(H,18,23). The number of hydrogen-bond acceptors (Lipinski definition) is 7. The van der Waals surface area contributed by atoms with E-state index in [-0.39, 0.29) is 22.7 Å². The third-order valence-electron chi connectivity index (χ3n) is 4.66. The van der Waals surface area contributed by atoms with Gasteiger partial charge in [-0.2, -0.15) is 5.10 Å². The van der Waals surface area contributed by atoms with Gasteiger partial charge in [0.25, 0.3) is 11.6 Å². The van der Waals surface area contributed by atoms with Crippen molar-refractivity contribution in [2.24, 2.45) is 0 Å². The Morgan fingerprint density at radius 1 is 1.31 bits per heavy atom. The summed E-state index contributed by atoms with van der Waals surface area (Å²) < 4.78 is 26.5. The van der Waals surface area contributed by atoms with Crippen molar-refractivity contribution in [2.45, 2.75) is 43.7 Å². The van der Waals surface area contributed by atoms with Crippen LogP contribution in [0.3, 0.4) is 0 Å². The number of hydrogen-bond donors (Lipinski definition) is 1. The molecule has 0 fully saturated rings. The van der Waals surface area contributed by atoms with Crippen molar-refractivity contribution >= 4 is 21.4 Å². The van der Waals surface area contributed by atoms with Crippen LogP contribution in [-0.2, 0) is 29.3 Å². The molecule has 11 nitrogen and oxygen atoms in total. The zero-order valence-corrected chi connectivity index (χ0v) is 16.6. The molecule has 0 radical (unpaired) electrons. The molecule has 0 aliphatic carbocycles. The van der Waals surface area contributed by atoms with Gasteiger partial charge in [0.05, 0.1) is 9.82 Å². The maximum Gasteiger partial charge on any atom is 0.345 e. The molecule has 2 aromatic rings. The molecule has 3 rings (SSSR count). The minimum absolute atomic E-state index is 0.116. The van der Waals surface area contributed by atoms with Crippen molar-refractivity contribution in [1.82, 2.24) is 19.7 Å². The highest BCUT2D eigenvalue weighted by Gasteiger charge is 2.19. The molecule has 0 spiro atoms. The highest BCUT2D eigenvalue weighted by Crippen LogP contribution is 2.21. The fraction of sp³-hybridized carbons (Fsp3) is 0.471. The number of aromatic nitrogens is 3. The Hall–Kier alpha value is -3.02. The van der Waals surface area contributed by atoms with Gasteiger partial charge in [-0.25, -0.2) is 17.9 Å². The lowest BCUT2D eigenvalue weighted by atomic mass is 10.2. The number of nitrogens with zero attached hydrogens (tertiary/aromatic N) is 4. The summed E-state index contributed by atoms with van der Waals surface area (Å²) in [5.74, 6) is 0.144. The number of sulfone groups is 1. The van der Waals surface area contributed by atoms with Crippen molar-refractivity contribution in [3.8, 4) is 0 Å². The van der Waals surface area contributed by atoms with E-state index >= 15 is 0 Å². The number of non-ortho nitro benzene ring substituents is 1. The molecule has 12 heteroatoms. The predicted molar refractivity (Wildman–Crippen MR) is 103 cm³/mol. The Bertz CT molecular complexity index is 1120. The Morgan fingerprint density at radius 3 is 2.72 bits per heavy atom. The summed E-state index contributed by atoms with van der Waals surface area (Å²) in [6.07, 6.45) is 4.07. The second-order valence-electron chi connectivity index (χ2n) is 6.89. The zero-order chi connectivity index (χ0) is 21.2. The number of fused-ring (bicyclic) bond motifs is 1. The summed E-state index contributed by atoms with van der Waals surface area (Å²) in [5.41, 5.74) is -0.759. The second-order valence-corrected chi connectivity index (χ2v) is 8.90. The van der Waals surface area contributed by atoms with E-state index in [0.29, 0.717) is 19.5 Å². The van der Waals surface area contributed by atoms with Crippen LogP contribution in [0.15, 0.2) is 27.9 Å².